The molecule has 0 radical (unpaired) electrons. The third-order valence-electron chi connectivity index (χ3n) is 2.55. The number of hydrogen-bond donors (Lipinski definition) is 2. The van der Waals surface area contributed by atoms with Gasteiger partial charge in [-0.25, -0.2) is 0 Å². The number of rotatable bonds is 4. The van der Waals surface area contributed by atoms with Crippen LogP contribution in [0.1, 0.15) is 12.5 Å². The predicted molar refractivity (Wildman–Crippen MR) is 79.7 cm³/mol. The summed E-state index contributed by atoms with van der Waals surface area (Å²) in [4.78, 5) is 12.0. The minimum atomic E-state index is -4.40. The first-order chi connectivity index (χ1) is 10.3. The number of nitrogens with one attached hydrogen (secondary N) is 1. The van der Waals surface area contributed by atoms with Crippen molar-refractivity contribution in [3.8, 4) is 0 Å². The van der Waals surface area contributed by atoms with Crippen molar-refractivity contribution in [2.75, 3.05) is 11.1 Å². The summed E-state index contributed by atoms with van der Waals surface area (Å²) >= 11 is 2.33. The molecule has 0 spiro atoms. The van der Waals surface area contributed by atoms with Gasteiger partial charge in [-0.15, -0.1) is 10.2 Å². The molecule has 0 aliphatic heterocycles. The molecule has 3 N–H and O–H groups in total. The minimum Gasteiger partial charge on any atom is -0.374 e. The Bertz CT molecular complexity index is 657. The van der Waals surface area contributed by atoms with Gasteiger partial charge in [0.15, 0.2) is 4.34 Å². The average Bonchev–Trinajstić information content (AvgIpc) is 2.83. The molecule has 1 atom stereocenters. The number of nitrogens with two attached hydrogens (primary N) is 1. The Morgan fingerprint density at radius 1 is 1.32 bits per heavy atom. The van der Waals surface area contributed by atoms with Crippen LogP contribution in [-0.4, -0.2) is 21.4 Å². The van der Waals surface area contributed by atoms with Gasteiger partial charge in [-0.3, -0.25) is 4.79 Å². The molecule has 0 saturated heterocycles. The lowest BCUT2D eigenvalue weighted by Crippen LogP contribution is -2.22. The first kappa shape index (κ1) is 16.6. The van der Waals surface area contributed by atoms with Gasteiger partial charge in [0.25, 0.3) is 0 Å². The summed E-state index contributed by atoms with van der Waals surface area (Å²) in [6, 6.07) is 4.25. The second-order valence-corrected chi connectivity index (χ2v) is 6.83. The van der Waals surface area contributed by atoms with Gasteiger partial charge in [0.05, 0.1) is 10.8 Å². The Morgan fingerprint density at radius 3 is 2.45 bits per heavy atom. The topological polar surface area (TPSA) is 80.9 Å². The summed E-state index contributed by atoms with van der Waals surface area (Å²) in [5.41, 5.74) is 4.97. The number of carbonyl (C=O) groups is 1. The van der Waals surface area contributed by atoms with Gasteiger partial charge in [0.2, 0.25) is 11.0 Å². The lowest BCUT2D eigenvalue weighted by Gasteiger charge is -2.11. The van der Waals surface area contributed by atoms with Crippen molar-refractivity contribution >= 4 is 39.8 Å². The number of aromatic nitrogens is 2. The van der Waals surface area contributed by atoms with Crippen molar-refractivity contribution < 1.29 is 18.0 Å². The van der Waals surface area contributed by atoms with Crippen molar-refractivity contribution in [2.45, 2.75) is 22.7 Å². The molecule has 0 saturated carbocycles. The van der Waals surface area contributed by atoms with Crippen molar-refractivity contribution in [3.05, 3.63) is 29.8 Å². The van der Waals surface area contributed by atoms with Crippen LogP contribution in [0.5, 0.6) is 0 Å². The second kappa shape index (κ2) is 6.53. The third kappa shape index (κ3) is 4.34. The number of nitrogens with zero attached hydrogens (tertiary/aromatic N) is 2. The highest BCUT2D eigenvalue weighted by molar-refractivity contribution is 8.02. The van der Waals surface area contributed by atoms with E-state index in [0.717, 1.165) is 23.5 Å². The van der Waals surface area contributed by atoms with E-state index in [1.807, 2.05) is 0 Å². The maximum Gasteiger partial charge on any atom is 0.416 e. The average molecular weight is 348 g/mol. The lowest BCUT2D eigenvalue weighted by molar-refractivity contribution is -0.137. The van der Waals surface area contributed by atoms with E-state index in [9.17, 15) is 18.0 Å². The standard InChI is InChI=1S/C12H11F3N4OS2/c1-6(21-11-19-18-10(16)22-11)9(20)17-8-4-2-7(3-5-8)12(13,14)15/h2-6H,1H3,(H2,16,18)(H,17,20). The van der Waals surface area contributed by atoms with Crippen LogP contribution >= 0.6 is 23.1 Å². The molecular formula is C12H11F3N4OS2. The van der Waals surface area contributed by atoms with Crippen LogP contribution in [0.4, 0.5) is 24.0 Å². The smallest absolute Gasteiger partial charge is 0.374 e. The molecule has 1 amide bonds. The number of hydrogen-bond acceptors (Lipinski definition) is 6. The van der Waals surface area contributed by atoms with E-state index in [1.54, 1.807) is 6.92 Å². The molecular weight excluding hydrogens is 337 g/mol. The highest BCUT2D eigenvalue weighted by Crippen LogP contribution is 2.30. The molecule has 22 heavy (non-hydrogen) atoms. The van der Waals surface area contributed by atoms with E-state index in [1.165, 1.54) is 23.9 Å². The number of anilines is 2. The molecule has 0 bridgehead atoms. The summed E-state index contributed by atoms with van der Waals surface area (Å²) in [5.74, 6) is -0.349. The van der Waals surface area contributed by atoms with Crippen LogP contribution in [0.3, 0.4) is 0 Å². The van der Waals surface area contributed by atoms with Crippen molar-refractivity contribution in [1.29, 1.82) is 0 Å². The fourth-order valence-corrected chi connectivity index (χ4v) is 3.24. The van der Waals surface area contributed by atoms with E-state index >= 15 is 0 Å². The first-order valence-corrected chi connectivity index (χ1v) is 7.69. The Labute approximate surface area is 132 Å². The highest BCUT2D eigenvalue weighted by atomic mass is 32.2. The van der Waals surface area contributed by atoms with Gasteiger partial charge in [-0.1, -0.05) is 23.1 Å². The van der Waals surface area contributed by atoms with Crippen LogP contribution < -0.4 is 11.1 Å². The molecule has 0 aliphatic rings. The number of halogens is 3. The summed E-state index contributed by atoms with van der Waals surface area (Å²) in [5, 5.41) is 9.78. The molecule has 2 aromatic rings. The zero-order valence-electron chi connectivity index (χ0n) is 11.2. The summed E-state index contributed by atoms with van der Waals surface area (Å²) in [7, 11) is 0. The minimum absolute atomic E-state index is 0.294. The fraction of sp³-hybridized carbons (Fsp3) is 0.250. The SMILES string of the molecule is CC(Sc1nnc(N)s1)C(=O)Nc1ccc(C(F)(F)F)cc1. The van der Waals surface area contributed by atoms with Gasteiger partial charge in [0.1, 0.15) is 0 Å². The zero-order valence-corrected chi connectivity index (χ0v) is 12.9. The third-order valence-corrected chi connectivity index (χ3v) is 4.49. The van der Waals surface area contributed by atoms with Crippen LogP contribution in [0.2, 0.25) is 0 Å². The zero-order chi connectivity index (χ0) is 16.3. The van der Waals surface area contributed by atoms with E-state index < -0.39 is 17.0 Å². The molecule has 5 nitrogen and oxygen atoms in total. The van der Waals surface area contributed by atoms with E-state index in [-0.39, 0.29) is 5.91 Å². The highest BCUT2D eigenvalue weighted by Gasteiger charge is 2.30. The second-order valence-electron chi connectivity index (χ2n) is 4.23. The number of amides is 1. The lowest BCUT2D eigenvalue weighted by atomic mass is 10.2. The Hall–Kier alpha value is -1.81. The van der Waals surface area contributed by atoms with Crippen LogP contribution in [-0.2, 0) is 11.0 Å². The maximum atomic E-state index is 12.4. The largest absolute Gasteiger partial charge is 0.416 e. The molecule has 10 heteroatoms. The van der Waals surface area contributed by atoms with Crippen LogP contribution in [0.25, 0.3) is 0 Å². The van der Waals surface area contributed by atoms with Gasteiger partial charge in [0, 0.05) is 5.69 Å². The number of thioether (sulfide) groups is 1. The molecule has 0 fully saturated rings. The molecule has 2 rings (SSSR count). The molecule has 1 aromatic carbocycles. The van der Waals surface area contributed by atoms with E-state index in [2.05, 4.69) is 15.5 Å². The Morgan fingerprint density at radius 2 is 1.95 bits per heavy atom. The normalized spacial score (nSPS) is 12.9. The first-order valence-electron chi connectivity index (χ1n) is 5.99. The predicted octanol–water partition coefficient (Wildman–Crippen LogP) is 3.26. The van der Waals surface area contributed by atoms with Gasteiger partial charge < -0.3 is 11.1 Å². The van der Waals surface area contributed by atoms with Gasteiger partial charge in [-0.05, 0) is 31.2 Å². The van der Waals surface area contributed by atoms with Gasteiger partial charge in [-0.2, -0.15) is 13.2 Å². The summed E-state index contributed by atoms with van der Waals surface area (Å²) in [6.07, 6.45) is -4.40. The number of benzene rings is 1. The maximum absolute atomic E-state index is 12.4. The fourth-order valence-electron chi connectivity index (χ4n) is 1.46. The van der Waals surface area contributed by atoms with Crippen molar-refractivity contribution in [2.24, 2.45) is 0 Å². The molecule has 1 heterocycles. The summed E-state index contributed by atoms with van der Waals surface area (Å²) in [6.45, 7) is 1.65. The number of alkyl halides is 3. The monoisotopic (exact) mass is 348 g/mol. The van der Waals surface area contributed by atoms with E-state index in [0.29, 0.717) is 15.2 Å². The number of carbonyl (C=O) groups excluding carboxylic acids is 1. The molecule has 1 unspecified atom stereocenters. The van der Waals surface area contributed by atoms with Crippen molar-refractivity contribution in [1.82, 2.24) is 10.2 Å². The van der Waals surface area contributed by atoms with Gasteiger partial charge >= 0.3 is 6.18 Å². The molecule has 1 aromatic heterocycles. The molecule has 118 valence electrons. The van der Waals surface area contributed by atoms with Crippen LogP contribution in [0.15, 0.2) is 28.6 Å². The number of nitrogen functional groups attached to an aromatic ring is 1. The summed E-state index contributed by atoms with van der Waals surface area (Å²) < 4.78 is 37.9. The Kier molecular flexibility index (Phi) is 4.91. The van der Waals surface area contributed by atoms with Crippen molar-refractivity contribution in [3.63, 3.8) is 0 Å². The molecule has 0 aliphatic carbocycles. The van der Waals surface area contributed by atoms with E-state index in [4.69, 9.17) is 5.73 Å². The Balaban J connectivity index is 1.96. The van der Waals surface area contributed by atoms with Crippen LogP contribution in [0, 0.1) is 0 Å². The quantitative estimate of drug-likeness (QED) is 0.829.